The van der Waals surface area contributed by atoms with E-state index in [1.807, 2.05) is 4.90 Å². The molecule has 18 heavy (non-hydrogen) atoms. The summed E-state index contributed by atoms with van der Waals surface area (Å²) in [4.78, 5) is 21.8. The number of carbonyl (C=O) groups is 1. The van der Waals surface area contributed by atoms with Crippen molar-refractivity contribution in [1.29, 1.82) is 0 Å². The van der Waals surface area contributed by atoms with Crippen molar-refractivity contribution < 1.29 is 14.6 Å². The van der Waals surface area contributed by atoms with Crippen molar-refractivity contribution >= 4 is 24.9 Å². The number of hydrogen-bond donors (Lipinski definition) is 1. The molecule has 95 valence electrons. The van der Waals surface area contributed by atoms with E-state index in [-0.39, 0.29) is 11.9 Å². The molecule has 1 aliphatic heterocycles. The lowest BCUT2D eigenvalue weighted by Crippen LogP contribution is -2.38. The second-order valence-electron chi connectivity index (χ2n) is 4.23. The summed E-state index contributed by atoms with van der Waals surface area (Å²) >= 11 is 0. The minimum absolute atomic E-state index is 0.0173. The van der Waals surface area contributed by atoms with Gasteiger partial charge in [-0.15, -0.1) is 0 Å². The summed E-state index contributed by atoms with van der Waals surface area (Å²) in [5, 5.41) is 8.79. The minimum Gasteiger partial charge on any atom is -0.469 e. The number of methoxy groups -OCH3 is 1. The molecule has 1 fully saturated rings. The maximum absolute atomic E-state index is 11.4. The van der Waals surface area contributed by atoms with E-state index in [2.05, 4.69) is 9.97 Å². The Hall–Kier alpha value is -1.63. The number of carbonyl (C=O) groups excluding carboxylic acids is 1. The fraction of sp³-hybridized carbons (Fsp3) is 0.545. The Bertz CT molecular complexity index is 404. The van der Waals surface area contributed by atoms with Crippen LogP contribution in [0.5, 0.6) is 0 Å². The van der Waals surface area contributed by atoms with Gasteiger partial charge >= 0.3 is 13.5 Å². The van der Waals surface area contributed by atoms with Gasteiger partial charge in [-0.05, 0) is 18.3 Å². The van der Waals surface area contributed by atoms with Crippen molar-refractivity contribution in [3.63, 3.8) is 0 Å². The fourth-order valence-electron chi connectivity index (χ4n) is 2.04. The lowest BCUT2D eigenvalue weighted by atomic mass is 9.92. The molecule has 1 aromatic rings. The standard InChI is InChI=1S/C11H15BN3O3/c1-18-10(16)8-2-4-15(5-3-8)11-13-6-9(12-17)7-14-11/h6-8,17H,2-5H2,1H3. The largest absolute Gasteiger partial charge is 0.469 e. The first kappa shape index (κ1) is 12.8. The Kier molecular flexibility index (Phi) is 4.14. The van der Waals surface area contributed by atoms with Crippen LogP contribution in [-0.2, 0) is 9.53 Å². The Balaban J connectivity index is 1.94. The van der Waals surface area contributed by atoms with Gasteiger partial charge in [0.15, 0.2) is 0 Å². The van der Waals surface area contributed by atoms with Crippen LogP contribution >= 0.6 is 0 Å². The molecular formula is C11H15BN3O3. The summed E-state index contributed by atoms with van der Waals surface area (Å²) in [5.74, 6) is 0.473. The zero-order chi connectivity index (χ0) is 13.0. The summed E-state index contributed by atoms with van der Waals surface area (Å²) in [7, 11) is 2.38. The maximum Gasteiger partial charge on any atom is 0.329 e. The van der Waals surface area contributed by atoms with E-state index in [4.69, 9.17) is 9.76 Å². The van der Waals surface area contributed by atoms with Gasteiger partial charge < -0.3 is 14.7 Å². The molecule has 7 heteroatoms. The Labute approximate surface area is 106 Å². The minimum atomic E-state index is -0.138. The number of nitrogens with zero attached hydrogens (tertiary/aromatic N) is 3. The molecule has 6 nitrogen and oxygen atoms in total. The van der Waals surface area contributed by atoms with Gasteiger partial charge in [0.05, 0.1) is 13.0 Å². The summed E-state index contributed by atoms with van der Waals surface area (Å²) < 4.78 is 4.74. The third-order valence-corrected chi connectivity index (χ3v) is 3.12. The van der Waals surface area contributed by atoms with E-state index in [0.717, 1.165) is 33.4 Å². The van der Waals surface area contributed by atoms with Crippen LogP contribution in [0.2, 0.25) is 0 Å². The van der Waals surface area contributed by atoms with Gasteiger partial charge in [0.2, 0.25) is 5.95 Å². The van der Waals surface area contributed by atoms with Crippen LogP contribution in [0.1, 0.15) is 12.8 Å². The van der Waals surface area contributed by atoms with E-state index < -0.39 is 0 Å². The molecule has 2 heterocycles. The average molecular weight is 248 g/mol. The van der Waals surface area contributed by atoms with E-state index >= 15 is 0 Å². The predicted octanol–water partition coefficient (Wildman–Crippen LogP) is -0.897. The number of ether oxygens (including phenoxy) is 1. The predicted molar refractivity (Wildman–Crippen MR) is 66.6 cm³/mol. The number of piperidine rings is 1. The number of esters is 1. The molecule has 0 amide bonds. The first-order valence-corrected chi connectivity index (χ1v) is 5.87. The zero-order valence-corrected chi connectivity index (χ0v) is 10.2. The van der Waals surface area contributed by atoms with Crippen molar-refractivity contribution in [2.45, 2.75) is 12.8 Å². The van der Waals surface area contributed by atoms with Gasteiger partial charge in [-0.3, -0.25) is 4.79 Å². The third-order valence-electron chi connectivity index (χ3n) is 3.12. The Morgan fingerprint density at radius 3 is 2.56 bits per heavy atom. The molecule has 1 radical (unpaired) electrons. The maximum atomic E-state index is 11.4. The number of rotatable bonds is 3. The molecule has 0 saturated carbocycles. The quantitative estimate of drug-likeness (QED) is 0.552. The summed E-state index contributed by atoms with van der Waals surface area (Å²) in [5.41, 5.74) is 0.572. The van der Waals surface area contributed by atoms with Gasteiger partial charge in [0.25, 0.3) is 0 Å². The Morgan fingerprint density at radius 2 is 2.06 bits per heavy atom. The SMILES string of the molecule is COC(=O)C1CCN(c2ncc([B]O)cn2)CC1. The van der Waals surface area contributed by atoms with Crippen molar-refractivity contribution in [1.82, 2.24) is 9.97 Å². The van der Waals surface area contributed by atoms with Gasteiger partial charge in [-0.25, -0.2) is 9.97 Å². The average Bonchev–Trinajstić information content (AvgIpc) is 2.47. The van der Waals surface area contributed by atoms with Gasteiger partial charge in [0, 0.05) is 25.5 Å². The second-order valence-corrected chi connectivity index (χ2v) is 4.23. The highest BCUT2D eigenvalue weighted by atomic mass is 16.5. The molecule has 1 N–H and O–H groups in total. The molecule has 0 aliphatic carbocycles. The fourth-order valence-corrected chi connectivity index (χ4v) is 2.04. The van der Waals surface area contributed by atoms with Crippen LogP contribution in [0, 0.1) is 5.92 Å². The second kappa shape index (κ2) is 5.81. The van der Waals surface area contributed by atoms with E-state index in [1.165, 1.54) is 7.11 Å². The van der Waals surface area contributed by atoms with Crippen molar-refractivity contribution in [3.05, 3.63) is 12.4 Å². The monoisotopic (exact) mass is 248 g/mol. The van der Waals surface area contributed by atoms with Gasteiger partial charge in [0.1, 0.15) is 0 Å². The normalized spacial score (nSPS) is 16.4. The molecule has 0 spiro atoms. The highest BCUT2D eigenvalue weighted by molar-refractivity contribution is 6.45. The molecule has 1 aromatic heterocycles. The number of anilines is 1. The number of hydrogen-bond acceptors (Lipinski definition) is 6. The lowest BCUT2D eigenvalue weighted by Gasteiger charge is -2.30. The lowest BCUT2D eigenvalue weighted by molar-refractivity contribution is -0.146. The number of aromatic nitrogens is 2. The highest BCUT2D eigenvalue weighted by Gasteiger charge is 2.26. The summed E-state index contributed by atoms with van der Waals surface area (Å²) in [6.07, 6.45) is 4.64. The molecular weight excluding hydrogens is 233 g/mol. The van der Waals surface area contributed by atoms with Crippen molar-refractivity contribution in [3.8, 4) is 0 Å². The third kappa shape index (κ3) is 2.79. The topological polar surface area (TPSA) is 75.5 Å². The van der Waals surface area contributed by atoms with E-state index in [0.29, 0.717) is 11.4 Å². The van der Waals surface area contributed by atoms with Crippen LogP contribution in [0.25, 0.3) is 0 Å². The summed E-state index contributed by atoms with van der Waals surface area (Å²) in [6, 6.07) is 0. The van der Waals surface area contributed by atoms with Crippen LogP contribution in [0.4, 0.5) is 5.95 Å². The molecule has 0 aromatic carbocycles. The van der Waals surface area contributed by atoms with Crippen LogP contribution in [0.15, 0.2) is 12.4 Å². The first-order chi connectivity index (χ1) is 8.74. The highest BCUT2D eigenvalue weighted by Crippen LogP contribution is 2.20. The molecule has 0 unspecified atom stereocenters. The summed E-state index contributed by atoms with van der Waals surface area (Å²) in [6.45, 7) is 1.48. The van der Waals surface area contributed by atoms with Gasteiger partial charge in [-0.2, -0.15) is 0 Å². The zero-order valence-electron chi connectivity index (χ0n) is 10.2. The van der Waals surface area contributed by atoms with E-state index in [1.54, 1.807) is 12.4 Å². The van der Waals surface area contributed by atoms with Crippen molar-refractivity contribution in [2.75, 3.05) is 25.1 Å². The van der Waals surface area contributed by atoms with Crippen molar-refractivity contribution in [2.24, 2.45) is 5.92 Å². The van der Waals surface area contributed by atoms with Crippen LogP contribution in [0.3, 0.4) is 0 Å². The van der Waals surface area contributed by atoms with E-state index in [9.17, 15) is 4.79 Å². The van der Waals surface area contributed by atoms with Gasteiger partial charge in [-0.1, -0.05) is 0 Å². The molecule has 0 bridgehead atoms. The molecule has 1 aliphatic rings. The Morgan fingerprint density at radius 1 is 1.44 bits per heavy atom. The first-order valence-electron chi connectivity index (χ1n) is 5.87. The van der Waals surface area contributed by atoms with Crippen LogP contribution < -0.4 is 10.4 Å². The molecule has 1 saturated heterocycles. The van der Waals surface area contributed by atoms with Crippen LogP contribution in [-0.4, -0.2) is 48.6 Å². The smallest absolute Gasteiger partial charge is 0.329 e. The molecule has 2 rings (SSSR count). The molecule has 0 atom stereocenters.